The lowest BCUT2D eigenvalue weighted by Gasteiger charge is -2.15. The molecule has 9 heteroatoms. The molecule has 1 amide bonds. The first-order valence-electron chi connectivity index (χ1n) is 12.4. The van der Waals surface area contributed by atoms with E-state index in [1.807, 2.05) is 52.9 Å². The number of anilines is 2. The van der Waals surface area contributed by atoms with Gasteiger partial charge in [0.25, 0.3) is 0 Å². The van der Waals surface area contributed by atoms with Crippen molar-refractivity contribution in [1.29, 1.82) is 0 Å². The van der Waals surface area contributed by atoms with Crippen molar-refractivity contribution in [2.24, 2.45) is 5.92 Å². The van der Waals surface area contributed by atoms with Crippen molar-refractivity contribution in [1.82, 2.24) is 19.7 Å². The fourth-order valence-electron chi connectivity index (χ4n) is 5.56. The number of amides is 1. The molecule has 1 aliphatic carbocycles. The Kier molecular flexibility index (Phi) is 5.55. The van der Waals surface area contributed by atoms with E-state index >= 15 is 0 Å². The first-order valence-corrected chi connectivity index (χ1v) is 12.4. The van der Waals surface area contributed by atoms with Gasteiger partial charge in [-0.1, -0.05) is 24.8 Å². The number of carbonyl (C=O) groups excluding carboxylic acids is 1. The number of nitrogen functional groups attached to an aromatic ring is 1. The number of aromatic nitrogens is 4. The van der Waals surface area contributed by atoms with Crippen molar-refractivity contribution >= 4 is 28.4 Å². The summed E-state index contributed by atoms with van der Waals surface area (Å²) in [6.45, 7) is 6.78. The summed E-state index contributed by atoms with van der Waals surface area (Å²) in [5.74, 6) is 2.11. The van der Waals surface area contributed by atoms with Crippen molar-refractivity contribution in [2.45, 2.75) is 25.3 Å². The molecule has 1 saturated carbocycles. The van der Waals surface area contributed by atoms with E-state index in [0.717, 1.165) is 23.1 Å². The zero-order valence-electron chi connectivity index (χ0n) is 20.8. The van der Waals surface area contributed by atoms with Gasteiger partial charge < -0.3 is 20.1 Å². The van der Waals surface area contributed by atoms with E-state index in [9.17, 15) is 4.79 Å². The minimum atomic E-state index is -0.0797. The minimum Gasteiger partial charge on any atom is -0.493 e. The Morgan fingerprint density at radius 2 is 2.05 bits per heavy atom. The lowest BCUT2D eigenvalue weighted by molar-refractivity contribution is -0.114. The monoisotopic (exact) mass is 496 g/mol. The number of methoxy groups -OCH3 is 1. The van der Waals surface area contributed by atoms with Crippen LogP contribution in [0, 0.1) is 5.92 Å². The third kappa shape index (κ3) is 3.69. The second-order valence-corrected chi connectivity index (χ2v) is 9.33. The summed E-state index contributed by atoms with van der Waals surface area (Å²) in [5.41, 5.74) is 10.7. The van der Waals surface area contributed by atoms with Crippen molar-refractivity contribution < 1.29 is 14.3 Å². The molecule has 3 atom stereocenters. The molecule has 0 bridgehead atoms. The van der Waals surface area contributed by atoms with Gasteiger partial charge in [-0.15, -0.1) is 0 Å². The molecule has 1 aliphatic heterocycles. The lowest BCUT2D eigenvalue weighted by atomic mass is 9.96. The van der Waals surface area contributed by atoms with Gasteiger partial charge in [0.2, 0.25) is 5.91 Å². The van der Waals surface area contributed by atoms with E-state index < -0.39 is 0 Å². The van der Waals surface area contributed by atoms with Crippen molar-refractivity contribution in [2.75, 3.05) is 30.9 Å². The van der Waals surface area contributed by atoms with E-state index in [0.29, 0.717) is 47.7 Å². The number of nitrogens with two attached hydrogens (primary N) is 1. The van der Waals surface area contributed by atoms with E-state index in [1.54, 1.807) is 7.11 Å². The summed E-state index contributed by atoms with van der Waals surface area (Å²) >= 11 is 0. The quantitative estimate of drug-likeness (QED) is 0.379. The maximum absolute atomic E-state index is 12.5. The average molecular weight is 497 g/mol. The molecule has 188 valence electrons. The van der Waals surface area contributed by atoms with Gasteiger partial charge in [0, 0.05) is 23.7 Å². The molecule has 6 rings (SSSR count). The van der Waals surface area contributed by atoms with E-state index in [-0.39, 0.29) is 17.9 Å². The van der Waals surface area contributed by atoms with Gasteiger partial charge in [-0.2, -0.15) is 5.10 Å². The molecule has 2 aromatic carbocycles. The highest BCUT2D eigenvalue weighted by Crippen LogP contribution is 2.57. The lowest BCUT2D eigenvalue weighted by Crippen LogP contribution is -2.28. The Labute approximate surface area is 214 Å². The van der Waals surface area contributed by atoms with Crippen LogP contribution in [-0.4, -0.2) is 45.9 Å². The molecular formula is C28H28N6O3. The second kappa shape index (κ2) is 8.92. The Morgan fingerprint density at radius 3 is 2.84 bits per heavy atom. The normalized spacial score (nSPS) is 20.1. The summed E-state index contributed by atoms with van der Waals surface area (Å²) in [5, 5.41) is 5.74. The first kappa shape index (κ1) is 23.0. The standard InChI is InChI=1S/C28H28N6O3/c1-4-24(35)33-14-19(17-8-6-7-9-20(17)33)18-13-21(18)34-28-25(27(29)30-15-31-28)26(32-34)16-10-11-22(37-5-2)23(12-16)36-3/h4,6-12,15,18-19,21H,1,5,13-14H2,2-3H3,(H2,29,30,31). The highest BCUT2D eigenvalue weighted by molar-refractivity contribution is 6.03. The third-order valence-electron chi connectivity index (χ3n) is 7.34. The van der Waals surface area contributed by atoms with Crippen LogP contribution in [0.5, 0.6) is 11.5 Å². The fraction of sp³-hybridized carbons (Fsp3) is 0.286. The van der Waals surface area contributed by atoms with Crippen LogP contribution in [0.2, 0.25) is 0 Å². The van der Waals surface area contributed by atoms with Crippen LogP contribution in [-0.2, 0) is 4.79 Å². The number of nitrogens with zero attached hydrogens (tertiary/aromatic N) is 5. The molecule has 3 unspecified atom stereocenters. The van der Waals surface area contributed by atoms with Crippen molar-refractivity contribution in [3.63, 3.8) is 0 Å². The fourth-order valence-corrected chi connectivity index (χ4v) is 5.56. The molecule has 2 aromatic heterocycles. The van der Waals surface area contributed by atoms with Crippen LogP contribution in [0.1, 0.15) is 30.9 Å². The van der Waals surface area contributed by atoms with Crippen LogP contribution in [0.4, 0.5) is 11.5 Å². The predicted octanol–water partition coefficient (Wildman–Crippen LogP) is 4.36. The number of rotatable bonds is 7. The number of fused-ring (bicyclic) bond motifs is 2. The Morgan fingerprint density at radius 1 is 1.22 bits per heavy atom. The smallest absolute Gasteiger partial charge is 0.250 e. The Bertz CT molecular complexity index is 1530. The highest BCUT2D eigenvalue weighted by atomic mass is 16.5. The van der Waals surface area contributed by atoms with E-state index in [2.05, 4.69) is 22.6 Å². The SMILES string of the molecule is C=CC(=O)N1CC(C2CC2n2nc(-c3ccc(OCC)c(OC)c3)c3c(N)ncnc32)c2ccccc21. The van der Waals surface area contributed by atoms with Crippen LogP contribution in [0.3, 0.4) is 0 Å². The molecule has 3 heterocycles. The maximum atomic E-state index is 12.5. The molecule has 0 radical (unpaired) electrons. The number of para-hydroxylation sites is 1. The van der Waals surface area contributed by atoms with Crippen LogP contribution < -0.4 is 20.1 Å². The molecule has 1 fully saturated rings. The third-order valence-corrected chi connectivity index (χ3v) is 7.34. The topological polar surface area (TPSA) is 108 Å². The summed E-state index contributed by atoms with van der Waals surface area (Å²) in [6, 6.07) is 14.0. The molecule has 0 spiro atoms. The number of ether oxygens (including phenoxy) is 2. The molecular weight excluding hydrogens is 468 g/mol. The second-order valence-electron chi connectivity index (χ2n) is 9.33. The zero-order valence-corrected chi connectivity index (χ0v) is 20.8. The summed E-state index contributed by atoms with van der Waals surface area (Å²) < 4.78 is 13.2. The average Bonchev–Trinajstić information content (AvgIpc) is 3.45. The number of carbonyl (C=O) groups is 1. The number of hydrogen-bond acceptors (Lipinski definition) is 7. The van der Waals surface area contributed by atoms with Crippen molar-refractivity contribution in [3.05, 3.63) is 67.0 Å². The van der Waals surface area contributed by atoms with Gasteiger partial charge >= 0.3 is 0 Å². The molecule has 37 heavy (non-hydrogen) atoms. The van der Waals surface area contributed by atoms with Gasteiger partial charge in [0.1, 0.15) is 17.8 Å². The highest BCUT2D eigenvalue weighted by Gasteiger charge is 2.50. The molecule has 2 N–H and O–H groups in total. The number of hydrogen-bond donors (Lipinski definition) is 1. The predicted molar refractivity (Wildman–Crippen MR) is 142 cm³/mol. The van der Waals surface area contributed by atoms with E-state index in [1.165, 1.54) is 18.0 Å². The minimum absolute atomic E-state index is 0.0797. The van der Waals surface area contributed by atoms with Gasteiger partial charge in [-0.05, 0) is 55.2 Å². The largest absolute Gasteiger partial charge is 0.493 e. The molecule has 0 saturated heterocycles. The molecule has 2 aliphatic rings. The summed E-state index contributed by atoms with van der Waals surface area (Å²) in [6.07, 6.45) is 3.79. The number of benzene rings is 2. The van der Waals surface area contributed by atoms with Crippen LogP contribution >= 0.6 is 0 Å². The van der Waals surface area contributed by atoms with Gasteiger partial charge in [0.05, 0.1) is 25.1 Å². The zero-order chi connectivity index (χ0) is 25.7. The van der Waals surface area contributed by atoms with Crippen LogP contribution in [0.15, 0.2) is 61.4 Å². The van der Waals surface area contributed by atoms with Gasteiger partial charge in [-0.25, -0.2) is 14.6 Å². The van der Waals surface area contributed by atoms with Gasteiger partial charge in [0.15, 0.2) is 17.1 Å². The van der Waals surface area contributed by atoms with E-state index in [4.69, 9.17) is 20.3 Å². The van der Waals surface area contributed by atoms with Gasteiger partial charge in [-0.3, -0.25) is 4.79 Å². The van der Waals surface area contributed by atoms with Crippen LogP contribution in [0.25, 0.3) is 22.3 Å². The Balaban J connectivity index is 1.39. The first-order chi connectivity index (χ1) is 18.0. The summed E-state index contributed by atoms with van der Waals surface area (Å²) in [4.78, 5) is 23.2. The maximum Gasteiger partial charge on any atom is 0.250 e. The molecule has 4 aromatic rings. The van der Waals surface area contributed by atoms with Crippen molar-refractivity contribution in [3.8, 4) is 22.8 Å². The Hall–Kier alpha value is -4.40. The summed E-state index contributed by atoms with van der Waals surface area (Å²) in [7, 11) is 1.62. The molecule has 9 nitrogen and oxygen atoms in total.